The number of ether oxygens (including phenoxy) is 2. The van der Waals surface area contributed by atoms with Crippen molar-refractivity contribution >= 4 is 28.5 Å². The van der Waals surface area contributed by atoms with Crippen LogP contribution in [0.3, 0.4) is 0 Å². The van der Waals surface area contributed by atoms with Gasteiger partial charge in [0.2, 0.25) is 5.91 Å². The molecule has 0 aliphatic carbocycles. The van der Waals surface area contributed by atoms with Gasteiger partial charge < -0.3 is 14.8 Å². The van der Waals surface area contributed by atoms with Crippen molar-refractivity contribution in [3.05, 3.63) is 27.8 Å². The van der Waals surface area contributed by atoms with E-state index in [0.29, 0.717) is 19.8 Å². The first-order valence-electron chi connectivity index (χ1n) is 6.49. The maximum Gasteiger partial charge on any atom is 0.225 e. The lowest BCUT2D eigenvalue weighted by molar-refractivity contribution is -0.129. The van der Waals surface area contributed by atoms with Crippen molar-refractivity contribution in [3.8, 4) is 5.75 Å². The molecule has 104 valence electrons. The molecule has 1 aromatic rings. The number of benzene rings is 1. The minimum absolute atomic E-state index is 0.00653. The van der Waals surface area contributed by atoms with Crippen molar-refractivity contribution in [1.82, 2.24) is 5.32 Å². The molecular weight excluding hydrogens is 357 g/mol. The van der Waals surface area contributed by atoms with Gasteiger partial charge in [0.1, 0.15) is 12.4 Å². The lowest BCUT2D eigenvalue weighted by atomic mass is 10.0. The quantitative estimate of drug-likeness (QED) is 0.634. The standard InChI is InChI=1S/C14H18INO3/c15-12-3-5-13(6-4-12)19-9-7-16-14(17)11-2-1-8-18-10-11/h3-6,11H,1-2,7-10H2,(H,16,17). The smallest absolute Gasteiger partial charge is 0.225 e. The average molecular weight is 375 g/mol. The Kier molecular flexibility index (Phi) is 5.91. The highest BCUT2D eigenvalue weighted by atomic mass is 127. The number of halogens is 1. The van der Waals surface area contributed by atoms with Crippen LogP contribution in [-0.2, 0) is 9.53 Å². The van der Waals surface area contributed by atoms with Gasteiger partial charge in [0.25, 0.3) is 0 Å². The Morgan fingerprint density at radius 2 is 2.21 bits per heavy atom. The predicted molar refractivity (Wildman–Crippen MR) is 81.2 cm³/mol. The summed E-state index contributed by atoms with van der Waals surface area (Å²) in [5, 5.41) is 2.89. The lowest BCUT2D eigenvalue weighted by Crippen LogP contribution is -2.37. The zero-order chi connectivity index (χ0) is 13.5. The van der Waals surface area contributed by atoms with E-state index in [1.807, 2.05) is 24.3 Å². The molecule has 4 nitrogen and oxygen atoms in total. The van der Waals surface area contributed by atoms with Gasteiger partial charge in [0.05, 0.1) is 19.1 Å². The second-order valence-electron chi connectivity index (χ2n) is 4.51. The van der Waals surface area contributed by atoms with E-state index in [1.165, 1.54) is 3.57 Å². The van der Waals surface area contributed by atoms with Gasteiger partial charge in [0, 0.05) is 10.2 Å². The zero-order valence-corrected chi connectivity index (χ0v) is 12.9. The van der Waals surface area contributed by atoms with Crippen molar-refractivity contribution in [2.45, 2.75) is 12.8 Å². The number of hydrogen-bond donors (Lipinski definition) is 1. The number of carbonyl (C=O) groups is 1. The first-order valence-corrected chi connectivity index (χ1v) is 7.57. The molecule has 19 heavy (non-hydrogen) atoms. The lowest BCUT2D eigenvalue weighted by Gasteiger charge is -2.21. The van der Waals surface area contributed by atoms with Crippen LogP contribution < -0.4 is 10.1 Å². The van der Waals surface area contributed by atoms with E-state index in [-0.39, 0.29) is 11.8 Å². The first kappa shape index (κ1) is 14.6. The van der Waals surface area contributed by atoms with Crippen molar-refractivity contribution in [2.24, 2.45) is 5.92 Å². The molecule has 0 aromatic heterocycles. The number of nitrogens with one attached hydrogen (secondary N) is 1. The maximum absolute atomic E-state index is 11.8. The molecular formula is C14H18INO3. The molecule has 1 aliphatic heterocycles. The summed E-state index contributed by atoms with van der Waals surface area (Å²) in [5.74, 6) is 0.911. The van der Waals surface area contributed by atoms with Crippen LogP contribution >= 0.6 is 22.6 Å². The molecule has 1 heterocycles. The average Bonchev–Trinajstić information content (AvgIpc) is 2.46. The van der Waals surface area contributed by atoms with Gasteiger partial charge in [-0.1, -0.05) is 0 Å². The van der Waals surface area contributed by atoms with Gasteiger partial charge in [-0.3, -0.25) is 4.79 Å². The highest BCUT2D eigenvalue weighted by molar-refractivity contribution is 14.1. The SMILES string of the molecule is O=C(NCCOc1ccc(I)cc1)C1CCCOC1. The minimum Gasteiger partial charge on any atom is -0.492 e. The summed E-state index contributed by atoms with van der Waals surface area (Å²) in [4.78, 5) is 11.8. The van der Waals surface area contributed by atoms with Crippen LogP contribution in [0.25, 0.3) is 0 Å². The molecule has 0 radical (unpaired) electrons. The van der Waals surface area contributed by atoms with Crippen molar-refractivity contribution in [3.63, 3.8) is 0 Å². The third-order valence-corrected chi connectivity index (χ3v) is 3.73. The molecule has 2 rings (SSSR count). The molecule has 1 saturated heterocycles. The summed E-state index contributed by atoms with van der Waals surface area (Å²) >= 11 is 2.25. The Morgan fingerprint density at radius 1 is 1.42 bits per heavy atom. The molecule has 1 fully saturated rings. The summed E-state index contributed by atoms with van der Waals surface area (Å²) in [7, 11) is 0. The van der Waals surface area contributed by atoms with E-state index < -0.39 is 0 Å². The van der Waals surface area contributed by atoms with Crippen LogP contribution in [0.4, 0.5) is 0 Å². The topological polar surface area (TPSA) is 47.6 Å². The predicted octanol–water partition coefficient (Wildman–Crippen LogP) is 2.21. The van der Waals surface area contributed by atoms with Gasteiger partial charge in [-0.2, -0.15) is 0 Å². The van der Waals surface area contributed by atoms with E-state index in [4.69, 9.17) is 9.47 Å². The highest BCUT2D eigenvalue weighted by Gasteiger charge is 2.20. The maximum atomic E-state index is 11.8. The molecule has 1 amide bonds. The Balaban J connectivity index is 1.63. The van der Waals surface area contributed by atoms with Crippen molar-refractivity contribution in [1.29, 1.82) is 0 Å². The fourth-order valence-corrected chi connectivity index (χ4v) is 2.33. The Hall–Kier alpha value is -0.820. The second-order valence-corrected chi connectivity index (χ2v) is 5.75. The number of hydrogen-bond acceptors (Lipinski definition) is 3. The molecule has 1 atom stereocenters. The van der Waals surface area contributed by atoms with Crippen LogP contribution in [0.15, 0.2) is 24.3 Å². The summed E-state index contributed by atoms with van der Waals surface area (Å²) in [6, 6.07) is 7.85. The van der Waals surface area contributed by atoms with Crippen LogP contribution in [0.1, 0.15) is 12.8 Å². The minimum atomic E-state index is 0.00653. The summed E-state index contributed by atoms with van der Waals surface area (Å²) in [6.07, 6.45) is 1.89. The van der Waals surface area contributed by atoms with E-state index >= 15 is 0 Å². The van der Waals surface area contributed by atoms with Crippen LogP contribution in [0.2, 0.25) is 0 Å². The third-order valence-electron chi connectivity index (χ3n) is 3.01. The molecule has 1 aromatic carbocycles. The summed E-state index contributed by atoms with van der Waals surface area (Å²) in [6.45, 7) is 2.34. The second kappa shape index (κ2) is 7.69. The molecule has 0 spiro atoms. The Bertz CT molecular complexity index is 402. The van der Waals surface area contributed by atoms with Gasteiger partial charge >= 0.3 is 0 Å². The van der Waals surface area contributed by atoms with Crippen molar-refractivity contribution in [2.75, 3.05) is 26.4 Å². The van der Waals surface area contributed by atoms with Crippen LogP contribution in [0.5, 0.6) is 5.75 Å². The van der Waals surface area contributed by atoms with Crippen LogP contribution in [0, 0.1) is 9.49 Å². The fourth-order valence-electron chi connectivity index (χ4n) is 1.97. The summed E-state index contributed by atoms with van der Waals surface area (Å²) in [5.41, 5.74) is 0. The highest BCUT2D eigenvalue weighted by Crippen LogP contribution is 2.14. The fraction of sp³-hybridized carbons (Fsp3) is 0.500. The zero-order valence-electron chi connectivity index (χ0n) is 10.7. The molecule has 5 heteroatoms. The Morgan fingerprint density at radius 3 is 2.89 bits per heavy atom. The number of carbonyl (C=O) groups excluding carboxylic acids is 1. The molecule has 1 aliphatic rings. The normalized spacial score (nSPS) is 18.9. The first-order chi connectivity index (χ1) is 9.25. The largest absolute Gasteiger partial charge is 0.492 e. The van der Waals surface area contributed by atoms with Gasteiger partial charge in [-0.25, -0.2) is 0 Å². The van der Waals surface area contributed by atoms with Gasteiger partial charge in [-0.15, -0.1) is 0 Å². The number of amides is 1. The molecule has 1 N–H and O–H groups in total. The Labute approximate surface area is 127 Å². The van der Waals surface area contributed by atoms with Gasteiger partial charge in [0.15, 0.2) is 0 Å². The van der Waals surface area contributed by atoms with Crippen molar-refractivity contribution < 1.29 is 14.3 Å². The van der Waals surface area contributed by atoms with E-state index in [0.717, 1.165) is 25.2 Å². The van der Waals surface area contributed by atoms with Gasteiger partial charge in [-0.05, 0) is 59.7 Å². The molecule has 1 unspecified atom stereocenters. The van der Waals surface area contributed by atoms with E-state index in [1.54, 1.807) is 0 Å². The summed E-state index contributed by atoms with van der Waals surface area (Å²) < 4.78 is 12.0. The number of rotatable bonds is 5. The molecule has 0 bridgehead atoms. The molecule has 0 saturated carbocycles. The third kappa shape index (κ3) is 4.99. The van der Waals surface area contributed by atoms with E-state index in [9.17, 15) is 4.79 Å². The monoisotopic (exact) mass is 375 g/mol. The van der Waals surface area contributed by atoms with Crippen LogP contribution in [-0.4, -0.2) is 32.3 Å². The van der Waals surface area contributed by atoms with E-state index in [2.05, 4.69) is 27.9 Å².